The Balaban J connectivity index is 0.00000312. The minimum atomic E-state index is -0.0379. The minimum absolute atomic E-state index is 0. The van der Waals surface area contributed by atoms with E-state index >= 15 is 0 Å². The molecule has 150 valence electrons. The van der Waals surface area contributed by atoms with Crippen molar-refractivity contribution in [2.75, 3.05) is 38.6 Å². The first-order valence-corrected chi connectivity index (χ1v) is 9.02. The summed E-state index contributed by atoms with van der Waals surface area (Å²) < 4.78 is 5.48. The van der Waals surface area contributed by atoms with Crippen LogP contribution in [0.15, 0.2) is 18.2 Å². The number of nitrogens with two attached hydrogens (primary N) is 1. The van der Waals surface area contributed by atoms with Crippen LogP contribution in [0.3, 0.4) is 0 Å². The Morgan fingerprint density at radius 1 is 1.23 bits per heavy atom. The number of benzene rings is 1. The molecule has 26 heavy (non-hydrogen) atoms. The van der Waals surface area contributed by atoms with E-state index in [1.165, 1.54) is 0 Å². The lowest BCUT2D eigenvalue weighted by molar-refractivity contribution is 0.00191. The molecule has 5 nitrogen and oxygen atoms in total. The maximum Gasteiger partial charge on any atom is 0.251 e. The molecular weight excluding hydrogens is 373 g/mol. The summed E-state index contributed by atoms with van der Waals surface area (Å²) >= 11 is 0. The van der Waals surface area contributed by atoms with E-state index in [0.717, 1.165) is 44.7 Å². The zero-order valence-electron chi connectivity index (χ0n) is 16.0. The average Bonchev–Trinajstić information content (AvgIpc) is 2.61. The molecule has 1 aromatic rings. The zero-order valence-corrected chi connectivity index (χ0v) is 17.6. The monoisotopic (exact) mass is 405 g/mol. The van der Waals surface area contributed by atoms with Gasteiger partial charge < -0.3 is 15.8 Å². The quantitative estimate of drug-likeness (QED) is 0.682. The number of amides is 1. The fourth-order valence-electron chi connectivity index (χ4n) is 3.51. The zero-order chi connectivity index (χ0) is 17.5. The van der Waals surface area contributed by atoms with Crippen LogP contribution < -0.4 is 11.1 Å². The third-order valence-corrected chi connectivity index (χ3v) is 5.09. The Morgan fingerprint density at radius 2 is 1.85 bits per heavy atom. The summed E-state index contributed by atoms with van der Waals surface area (Å²) in [6.07, 6.45) is 2.23. The smallest absolute Gasteiger partial charge is 0.251 e. The van der Waals surface area contributed by atoms with Gasteiger partial charge in [0.05, 0.1) is 13.2 Å². The third kappa shape index (κ3) is 6.62. The number of anilines is 1. The van der Waals surface area contributed by atoms with Gasteiger partial charge in [-0.05, 0) is 30.5 Å². The van der Waals surface area contributed by atoms with Crippen molar-refractivity contribution in [2.24, 2.45) is 5.92 Å². The number of carbonyl (C=O) groups is 1. The number of nitrogen functional groups attached to an aromatic ring is 1. The average molecular weight is 406 g/mol. The fraction of sp³-hybridized carbons (Fsp3) is 0.632. The maximum absolute atomic E-state index is 12.6. The van der Waals surface area contributed by atoms with Crippen molar-refractivity contribution in [3.63, 3.8) is 0 Å². The Hall–Kier alpha value is -1.01. The van der Waals surface area contributed by atoms with Gasteiger partial charge in [-0.3, -0.25) is 9.69 Å². The van der Waals surface area contributed by atoms with Crippen LogP contribution in [0.25, 0.3) is 0 Å². The summed E-state index contributed by atoms with van der Waals surface area (Å²) in [5.41, 5.74) is 8.07. The highest BCUT2D eigenvalue weighted by Crippen LogP contribution is 2.20. The van der Waals surface area contributed by atoms with E-state index in [4.69, 9.17) is 10.5 Å². The van der Waals surface area contributed by atoms with E-state index in [-0.39, 0.29) is 30.7 Å². The highest BCUT2D eigenvalue weighted by Gasteiger charge is 2.27. The van der Waals surface area contributed by atoms with Crippen molar-refractivity contribution >= 4 is 36.4 Å². The second-order valence-corrected chi connectivity index (χ2v) is 6.58. The Kier molecular flexibility index (Phi) is 11.9. The van der Waals surface area contributed by atoms with Crippen molar-refractivity contribution in [2.45, 2.75) is 39.7 Å². The van der Waals surface area contributed by atoms with Crippen LogP contribution in [0.4, 0.5) is 5.69 Å². The van der Waals surface area contributed by atoms with Gasteiger partial charge in [-0.2, -0.15) is 0 Å². The molecule has 0 saturated carbocycles. The molecule has 1 atom stereocenters. The van der Waals surface area contributed by atoms with Gasteiger partial charge >= 0.3 is 0 Å². The maximum atomic E-state index is 12.6. The first kappa shape index (κ1) is 25.0. The molecule has 2 rings (SSSR count). The van der Waals surface area contributed by atoms with Crippen LogP contribution in [-0.2, 0) is 4.74 Å². The molecular formula is C19H33Cl2N3O2. The van der Waals surface area contributed by atoms with E-state index in [0.29, 0.717) is 29.8 Å². The van der Waals surface area contributed by atoms with Crippen molar-refractivity contribution in [1.82, 2.24) is 10.2 Å². The standard InChI is InChI=1S/C19H31N3O2.2ClH/c1-4-15(5-2)18(22-8-10-24-11-9-22)13-21-19(23)17-12-16(20)7-6-14(17)3;;/h6-7,12,15,18H,4-5,8-11,13,20H2,1-3H3,(H,21,23);2*1H. The summed E-state index contributed by atoms with van der Waals surface area (Å²) in [6, 6.07) is 5.83. The van der Waals surface area contributed by atoms with Crippen LogP contribution >= 0.6 is 24.8 Å². The molecule has 1 amide bonds. The van der Waals surface area contributed by atoms with Crippen LogP contribution in [0.1, 0.15) is 42.6 Å². The molecule has 0 aliphatic carbocycles. The second kappa shape index (κ2) is 12.4. The molecule has 0 aromatic heterocycles. The number of ether oxygens (including phenoxy) is 1. The second-order valence-electron chi connectivity index (χ2n) is 6.58. The van der Waals surface area contributed by atoms with Crippen LogP contribution in [0, 0.1) is 12.8 Å². The number of rotatable bonds is 7. The van der Waals surface area contributed by atoms with Crippen molar-refractivity contribution in [1.29, 1.82) is 0 Å². The lowest BCUT2D eigenvalue weighted by Crippen LogP contribution is -2.52. The molecule has 7 heteroatoms. The fourth-order valence-corrected chi connectivity index (χ4v) is 3.51. The van der Waals surface area contributed by atoms with Crippen molar-refractivity contribution in [3.8, 4) is 0 Å². The highest BCUT2D eigenvalue weighted by atomic mass is 35.5. The Morgan fingerprint density at radius 3 is 2.42 bits per heavy atom. The summed E-state index contributed by atoms with van der Waals surface area (Å²) in [5, 5.41) is 3.14. The number of nitrogens with zero attached hydrogens (tertiary/aromatic N) is 1. The van der Waals surface area contributed by atoms with Gasteiger partial charge in [-0.15, -0.1) is 24.8 Å². The topological polar surface area (TPSA) is 67.6 Å². The van der Waals surface area contributed by atoms with Gasteiger partial charge in [0, 0.05) is 36.9 Å². The number of hydrogen-bond donors (Lipinski definition) is 2. The molecule has 1 aliphatic heterocycles. The first-order chi connectivity index (χ1) is 11.6. The Bertz CT molecular complexity index is 548. The van der Waals surface area contributed by atoms with Crippen LogP contribution in [-0.4, -0.2) is 49.7 Å². The Labute approximate surface area is 169 Å². The molecule has 1 heterocycles. The molecule has 1 aliphatic rings. The van der Waals surface area contributed by atoms with Crippen LogP contribution in [0.5, 0.6) is 0 Å². The first-order valence-electron chi connectivity index (χ1n) is 9.02. The largest absolute Gasteiger partial charge is 0.399 e. The van der Waals surface area contributed by atoms with Crippen molar-refractivity contribution in [3.05, 3.63) is 29.3 Å². The molecule has 1 saturated heterocycles. The normalized spacial score (nSPS) is 15.7. The molecule has 0 bridgehead atoms. The van der Waals surface area contributed by atoms with Gasteiger partial charge in [0.2, 0.25) is 0 Å². The number of hydrogen-bond acceptors (Lipinski definition) is 4. The van der Waals surface area contributed by atoms with Gasteiger partial charge in [0.25, 0.3) is 5.91 Å². The van der Waals surface area contributed by atoms with E-state index in [1.54, 1.807) is 6.07 Å². The number of carbonyl (C=O) groups excluding carboxylic acids is 1. The molecule has 1 aromatic carbocycles. The summed E-state index contributed by atoms with van der Waals surface area (Å²) in [4.78, 5) is 15.1. The number of halogens is 2. The summed E-state index contributed by atoms with van der Waals surface area (Å²) in [7, 11) is 0. The number of morpholine rings is 1. The van der Waals surface area contributed by atoms with Gasteiger partial charge in [0.1, 0.15) is 0 Å². The van der Waals surface area contributed by atoms with Gasteiger partial charge in [0.15, 0.2) is 0 Å². The summed E-state index contributed by atoms with van der Waals surface area (Å²) in [5.74, 6) is 0.536. The molecule has 0 spiro atoms. The number of aryl methyl sites for hydroxylation is 1. The van der Waals surface area contributed by atoms with Gasteiger partial charge in [-0.1, -0.05) is 32.8 Å². The lowest BCUT2D eigenvalue weighted by atomic mass is 9.92. The van der Waals surface area contributed by atoms with E-state index < -0.39 is 0 Å². The highest BCUT2D eigenvalue weighted by molar-refractivity contribution is 5.96. The van der Waals surface area contributed by atoms with Gasteiger partial charge in [-0.25, -0.2) is 0 Å². The van der Waals surface area contributed by atoms with Crippen LogP contribution in [0.2, 0.25) is 0 Å². The SMILES string of the molecule is CCC(CC)C(CNC(=O)c1cc(N)ccc1C)N1CCOCC1.Cl.Cl. The predicted octanol–water partition coefficient (Wildman–Crippen LogP) is 3.29. The molecule has 3 N–H and O–H groups in total. The van der Waals surface area contributed by atoms with E-state index in [2.05, 4.69) is 24.1 Å². The molecule has 1 unspecified atom stereocenters. The van der Waals surface area contributed by atoms with Crippen molar-refractivity contribution < 1.29 is 9.53 Å². The minimum Gasteiger partial charge on any atom is -0.399 e. The molecule has 0 radical (unpaired) electrons. The summed E-state index contributed by atoms with van der Waals surface area (Å²) in [6.45, 7) is 10.5. The van der Waals surface area contributed by atoms with E-state index in [1.807, 2.05) is 19.1 Å². The lowest BCUT2D eigenvalue weighted by Gasteiger charge is -2.38. The third-order valence-electron chi connectivity index (χ3n) is 5.09. The predicted molar refractivity (Wildman–Crippen MR) is 113 cm³/mol. The van der Waals surface area contributed by atoms with E-state index in [9.17, 15) is 4.79 Å². The molecule has 1 fully saturated rings. The number of nitrogens with one attached hydrogen (secondary N) is 1.